The number of hydrogen-bond acceptors (Lipinski definition) is 4. The van der Waals surface area contributed by atoms with E-state index in [1.54, 1.807) is 36.4 Å². The minimum Gasteiger partial charge on any atom is -0.357 e. The molecule has 1 N–H and O–H groups in total. The summed E-state index contributed by atoms with van der Waals surface area (Å²) in [4.78, 5) is 18.5. The van der Waals surface area contributed by atoms with Crippen LogP contribution < -0.4 is 5.32 Å². The normalized spacial score (nSPS) is 11.9. The highest BCUT2D eigenvalue weighted by molar-refractivity contribution is 7.16. The van der Waals surface area contributed by atoms with Gasteiger partial charge < -0.3 is 10.2 Å². The molecule has 1 rings (SSSR count). The molecule has 1 aromatic heterocycles. The molecule has 0 bridgehead atoms. The molecule has 0 saturated heterocycles. The van der Waals surface area contributed by atoms with Crippen LogP contribution in [0.4, 0.5) is 5.13 Å². The van der Waals surface area contributed by atoms with Crippen LogP contribution >= 0.6 is 11.3 Å². The fourth-order valence-corrected chi connectivity index (χ4v) is 2.31. The van der Waals surface area contributed by atoms with Gasteiger partial charge in [-0.25, -0.2) is 4.98 Å². The number of anilines is 1. The average molecular weight is 267 g/mol. The van der Waals surface area contributed by atoms with E-state index in [9.17, 15) is 4.79 Å². The van der Waals surface area contributed by atoms with Gasteiger partial charge in [-0.2, -0.15) is 0 Å². The zero-order valence-corrected chi connectivity index (χ0v) is 12.7. The van der Waals surface area contributed by atoms with Gasteiger partial charge in [-0.1, -0.05) is 11.3 Å². The number of likely N-dealkylation sites (N-methyl/N-ethyl adjacent to an activating group) is 1. The van der Waals surface area contributed by atoms with E-state index in [1.807, 2.05) is 13.0 Å². The van der Waals surface area contributed by atoms with Crippen LogP contribution in [0.1, 0.15) is 31.3 Å². The quantitative estimate of drug-likeness (QED) is 0.857. The zero-order chi connectivity index (χ0) is 13.9. The van der Waals surface area contributed by atoms with E-state index in [0.29, 0.717) is 0 Å². The predicted octanol–water partition coefficient (Wildman–Crippen LogP) is 2.76. The lowest BCUT2D eigenvalue weighted by Gasteiger charge is -2.19. The fraction of sp³-hybridized carbons (Fsp3) is 0.538. The number of carbonyl (C=O) groups is 1. The molecule has 18 heavy (non-hydrogen) atoms. The number of nitrogens with one attached hydrogen (secondary N) is 1. The molecule has 4 nitrogen and oxygen atoms in total. The van der Waals surface area contributed by atoms with Crippen molar-refractivity contribution >= 4 is 28.5 Å². The maximum absolute atomic E-state index is 11.5. The first-order valence-electron chi connectivity index (χ1n) is 5.84. The minimum absolute atomic E-state index is 0.00919. The molecule has 0 aromatic carbocycles. The van der Waals surface area contributed by atoms with E-state index in [-0.39, 0.29) is 11.4 Å². The van der Waals surface area contributed by atoms with Gasteiger partial charge in [-0.05, 0) is 33.8 Å². The van der Waals surface area contributed by atoms with Crippen molar-refractivity contribution in [3.05, 3.63) is 16.6 Å². The summed E-state index contributed by atoms with van der Waals surface area (Å²) >= 11 is 1.56. The Morgan fingerprint density at radius 2 is 2.00 bits per heavy atom. The molecule has 0 fully saturated rings. The fourth-order valence-electron chi connectivity index (χ4n) is 1.23. The zero-order valence-electron chi connectivity index (χ0n) is 11.9. The number of rotatable bonds is 3. The molecule has 0 radical (unpaired) electrons. The lowest BCUT2D eigenvalue weighted by Crippen LogP contribution is -2.25. The van der Waals surface area contributed by atoms with Gasteiger partial charge in [0.05, 0.1) is 10.6 Å². The molecule has 0 aliphatic heterocycles. The van der Waals surface area contributed by atoms with Crippen molar-refractivity contribution in [1.29, 1.82) is 0 Å². The summed E-state index contributed by atoms with van der Waals surface area (Å²) in [5.74, 6) is -0.0202. The summed E-state index contributed by atoms with van der Waals surface area (Å²) < 4.78 is 0. The molecule has 5 heteroatoms. The molecule has 1 amide bonds. The van der Waals surface area contributed by atoms with Gasteiger partial charge in [-0.3, -0.25) is 4.79 Å². The summed E-state index contributed by atoms with van der Waals surface area (Å²) in [6, 6.07) is 0. The lowest BCUT2D eigenvalue weighted by molar-refractivity contribution is -0.123. The summed E-state index contributed by atoms with van der Waals surface area (Å²) in [7, 11) is 3.47. The molecular weight excluding hydrogens is 246 g/mol. The van der Waals surface area contributed by atoms with Crippen LogP contribution in [-0.2, 0) is 4.79 Å². The molecule has 0 aliphatic carbocycles. The number of aryl methyl sites for hydroxylation is 1. The van der Waals surface area contributed by atoms with Crippen molar-refractivity contribution in [3.63, 3.8) is 0 Å². The Labute approximate surface area is 113 Å². The summed E-state index contributed by atoms with van der Waals surface area (Å²) in [6.07, 6.45) is 3.39. The second-order valence-electron chi connectivity index (χ2n) is 5.41. The van der Waals surface area contributed by atoms with E-state index in [1.165, 1.54) is 0 Å². The number of amides is 1. The maximum atomic E-state index is 11.5. The maximum Gasteiger partial charge on any atom is 0.246 e. The summed E-state index contributed by atoms with van der Waals surface area (Å²) in [5.41, 5.74) is 0.930. The molecule has 100 valence electrons. The van der Waals surface area contributed by atoms with E-state index in [0.717, 1.165) is 15.7 Å². The van der Waals surface area contributed by atoms with Crippen LogP contribution in [0.3, 0.4) is 0 Å². The predicted molar refractivity (Wildman–Crippen MR) is 78.0 cm³/mol. The van der Waals surface area contributed by atoms with E-state index >= 15 is 0 Å². The molecule has 0 spiro atoms. The highest BCUT2D eigenvalue weighted by Crippen LogP contribution is 2.26. The molecule has 0 unspecified atom stereocenters. The van der Waals surface area contributed by atoms with Gasteiger partial charge in [0.25, 0.3) is 0 Å². The minimum atomic E-state index is -0.0202. The van der Waals surface area contributed by atoms with Gasteiger partial charge >= 0.3 is 0 Å². The van der Waals surface area contributed by atoms with Gasteiger partial charge in [0, 0.05) is 25.7 Å². The molecule has 0 atom stereocenters. The first-order valence-corrected chi connectivity index (χ1v) is 6.65. The van der Waals surface area contributed by atoms with Crippen LogP contribution in [0.2, 0.25) is 0 Å². The van der Waals surface area contributed by atoms with Crippen molar-refractivity contribution in [2.75, 3.05) is 19.4 Å². The highest BCUT2D eigenvalue weighted by Gasteiger charge is 2.13. The van der Waals surface area contributed by atoms with E-state index in [4.69, 9.17) is 0 Å². The van der Waals surface area contributed by atoms with Crippen molar-refractivity contribution < 1.29 is 4.79 Å². The second-order valence-corrected chi connectivity index (χ2v) is 6.44. The number of thiazole rings is 1. The topological polar surface area (TPSA) is 45.2 Å². The van der Waals surface area contributed by atoms with E-state index in [2.05, 4.69) is 31.1 Å². The Balaban J connectivity index is 2.83. The Kier molecular flexibility index (Phi) is 4.51. The monoisotopic (exact) mass is 267 g/mol. The highest BCUT2D eigenvalue weighted by atomic mass is 32.1. The van der Waals surface area contributed by atoms with Crippen molar-refractivity contribution in [2.24, 2.45) is 0 Å². The number of nitrogens with zero attached hydrogens (tertiary/aromatic N) is 2. The Hall–Kier alpha value is -1.36. The SMILES string of the molecule is Cc1nc(NC(C)(C)C)sc1C=CC(=O)N(C)C. The third-order valence-electron chi connectivity index (χ3n) is 2.13. The molecule has 1 heterocycles. The second kappa shape index (κ2) is 5.52. The summed E-state index contributed by atoms with van der Waals surface area (Å²) in [5, 5.41) is 4.22. The van der Waals surface area contributed by atoms with Gasteiger partial charge in [0.1, 0.15) is 0 Å². The van der Waals surface area contributed by atoms with Gasteiger partial charge in [0.15, 0.2) is 5.13 Å². The van der Waals surface area contributed by atoms with Crippen LogP contribution in [0, 0.1) is 6.92 Å². The van der Waals surface area contributed by atoms with Crippen LogP contribution in [0.5, 0.6) is 0 Å². The Morgan fingerprint density at radius 1 is 1.39 bits per heavy atom. The Bertz CT molecular complexity index is 455. The smallest absolute Gasteiger partial charge is 0.246 e. The molecular formula is C13H21N3OS. The van der Waals surface area contributed by atoms with Crippen LogP contribution in [0.25, 0.3) is 6.08 Å². The number of aromatic nitrogens is 1. The third-order valence-corrected chi connectivity index (χ3v) is 3.17. The van der Waals surface area contributed by atoms with E-state index < -0.39 is 0 Å². The van der Waals surface area contributed by atoms with Gasteiger partial charge in [-0.15, -0.1) is 0 Å². The van der Waals surface area contributed by atoms with Crippen molar-refractivity contribution in [1.82, 2.24) is 9.88 Å². The first-order chi connectivity index (χ1) is 8.19. The Morgan fingerprint density at radius 3 is 2.50 bits per heavy atom. The van der Waals surface area contributed by atoms with Gasteiger partial charge in [0.2, 0.25) is 5.91 Å². The third kappa shape index (κ3) is 4.49. The molecule has 1 aromatic rings. The van der Waals surface area contributed by atoms with Crippen LogP contribution in [0.15, 0.2) is 6.08 Å². The standard InChI is InChI=1S/C13H21N3OS/c1-9-10(7-8-11(17)16(5)6)18-12(14-9)15-13(2,3)4/h7-8H,1-6H3,(H,14,15). The first kappa shape index (κ1) is 14.7. The number of hydrogen-bond donors (Lipinski definition) is 1. The summed E-state index contributed by atoms with van der Waals surface area (Å²) in [6.45, 7) is 8.22. The molecule has 0 aliphatic rings. The lowest BCUT2D eigenvalue weighted by atomic mass is 10.1. The largest absolute Gasteiger partial charge is 0.357 e. The van der Waals surface area contributed by atoms with Crippen LogP contribution in [-0.4, -0.2) is 35.4 Å². The average Bonchev–Trinajstić information content (AvgIpc) is 2.52. The van der Waals surface area contributed by atoms with Crippen molar-refractivity contribution in [2.45, 2.75) is 33.2 Å². The number of carbonyl (C=O) groups excluding carboxylic acids is 1. The molecule has 0 saturated carbocycles. The van der Waals surface area contributed by atoms with Crippen molar-refractivity contribution in [3.8, 4) is 0 Å².